The Balaban J connectivity index is 1.53. The number of amides is 2. The van der Waals surface area contributed by atoms with Gasteiger partial charge in [0.2, 0.25) is 17.7 Å². The van der Waals surface area contributed by atoms with Crippen molar-refractivity contribution in [2.45, 2.75) is 78.9 Å². The molecule has 2 amide bonds. The number of benzene rings is 1. The maximum atomic E-state index is 13.4. The number of carbonyl (C=O) groups excluding carboxylic acids is 2. The zero-order chi connectivity index (χ0) is 24.3. The van der Waals surface area contributed by atoms with Crippen LogP contribution in [0, 0.1) is 18.3 Å². The molecule has 1 aliphatic carbocycles. The van der Waals surface area contributed by atoms with Crippen molar-refractivity contribution < 1.29 is 14.0 Å². The first-order valence-corrected chi connectivity index (χ1v) is 12.1. The van der Waals surface area contributed by atoms with Gasteiger partial charge in [-0.15, -0.1) is 10.2 Å². The van der Waals surface area contributed by atoms with E-state index in [2.05, 4.69) is 20.8 Å². The number of rotatable bonds is 7. The van der Waals surface area contributed by atoms with Crippen molar-refractivity contribution >= 4 is 22.7 Å². The highest BCUT2D eigenvalue weighted by Crippen LogP contribution is 2.28. The molecule has 0 radical (unpaired) electrons. The van der Waals surface area contributed by atoms with E-state index in [1.54, 1.807) is 6.92 Å². The fraction of sp³-hybridized carbons (Fsp3) is 0.560. The normalized spacial score (nSPS) is 15.9. The minimum absolute atomic E-state index is 0.0983. The Hall–Kier alpha value is -3.23. The summed E-state index contributed by atoms with van der Waals surface area (Å²) in [4.78, 5) is 26.4. The van der Waals surface area contributed by atoms with Crippen molar-refractivity contribution in [2.75, 3.05) is 0 Å². The van der Waals surface area contributed by atoms with Crippen molar-refractivity contribution in [3.63, 3.8) is 0 Å². The summed E-state index contributed by atoms with van der Waals surface area (Å²) in [6, 6.07) is 7.02. The number of hydrogen-bond donors (Lipinski definition) is 2. The van der Waals surface area contributed by atoms with Crippen LogP contribution >= 0.6 is 0 Å². The number of aryl methyl sites for hydroxylation is 1. The average Bonchev–Trinajstić information content (AvgIpc) is 3.39. The molecule has 2 aromatic heterocycles. The van der Waals surface area contributed by atoms with E-state index in [1.165, 1.54) is 32.1 Å². The first-order valence-electron chi connectivity index (χ1n) is 12.1. The van der Waals surface area contributed by atoms with Crippen LogP contribution in [0.5, 0.6) is 0 Å². The lowest BCUT2D eigenvalue weighted by Crippen LogP contribution is -2.53. The maximum Gasteiger partial charge on any atom is 0.273 e. The molecule has 0 saturated heterocycles. The topological polar surface area (TPSA) is 115 Å². The Labute approximate surface area is 199 Å². The number of fused-ring (bicyclic) bond motifs is 1. The van der Waals surface area contributed by atoms with Gasteiger partial charge in [-0.25, -0.2) is 0 Å². The molecule has 9 nitrogen and oxygen atoms in total. The molecule has 1 fully saturated rings. The number of aromatic nitrogens is 4. The highest BCUT2D eigenvalue weighted by molar-refractivity contribution is 6.06. The molecule has 1 saturated carbocycles. The standard InChI is InChI=1S/C25H34N6O3/c1-16-28-29-20(34-16)14-26-24(33)22(25(2,3)4)27-23(32)21-18-12-8-9-13-19(18)31(30-21)15-17-10-6-5-7-11-17/h8-9,12-13,17,22H,5-7,10-11,14-15H2,1-4H3,(H,26,33)(H,27,32)/t22-/m1/s1. The lowest BCUT2D eigenvalue weighted by molar-refractivity contribution is -0.125. The molecular formula is C25H34N6O3. The van der Waals surface area contributed by atoms with E-state index < -0.39 is 11.5 Å². The fourth-order valence-electron chi connectivity index (χ4n) is 4.60. The Morgan fingerprint density at radius 2 is 1.88 bits per heavy atom. The van der Waals surface area contributed by atoms with Crippen LogP contribution in [0.15, 0.2) is 28.7 Å². The quantitative estimate of drug-likeness (QED) is 0.548. The van der Waals surface area contributed by atoms with E-state index in [4.69, 9.17) is 9.52 Å². The van der Waals surface area contributed by atoms with Crippen molar-refractivity contribution in [3.8, 4) is 0 Å². The molecule has 34 heavy (non-hydrogen) atoms. The summed E-state index contributed by atoms with van der Waals surface area (Å²) in [6.07, 6.45) is 6.20. The summed E-state index contributed by atoms with van der Waals surface area (Å²) in [7, 11) is 0. The molecule has 182 valence electrons. The van der Waals surface area contributed by atoms with Crippen LogP contribution in [0.2, 0.25) is 0 Å². The summed E-state index contributed by atoms with van der Waals surface area (Å²) < 4.78 is 7.29. The molecule has 1 aromatic carbocycles. The zero-order valence-electron chi connectivity index (χ0n) is 20.4. The second-order valence-electron chi connectivity index (χ2n) is 10.3. The average molecular weight is 467 g/mol. The minimum Gasteiger partial charge on any atom is -0.424 e. The van der Waals surface area contributed by atoms with Gasteiger partial charge in [-0.3, -0.25) is 14.3 Å². The number of carbonyl (C=O) groups is 2. The first kappa shape index (κ1) is 23.9. The third-order valence-electron chi connectivity index (χ3n) is 6.41. The number of nitrogens with one attached hydrogen (secondary N) is 2. The second-order valence-corrected chi connectivity index (χ2v) is 10.3. The summed E-state index contributed by atoms with van der Waals surface area (Å²) in [5.74, 6) is 0.650. The van der Waals surface area contributed by atoms with E-state index in [-0.39, 0.29) is 18.4 Å². The molecule has 0 spiro atoms. The second kappa shape index (κ2) is 9.95. The lowest BCUT2D eigenvalue weighted by Gasteiger charge is -2.30. The van der Waals surface area contributed by atoms with E-state index in [0.29, 0.717) is 23.4 Å². The van der Waals surface area contributed by atoms with Gasteiger partial charge < -0.3 is 15.1 Å². The van der Waals surface area contributed by atoms with Gasteiger partial charge in [-0.1, -0.05) is 58.2 Å². The molecule has 1 aliphatic rings. The monoisotopic (exact) mass is 466 g/mol. The van der Waals surface area contributed by atoms with Crippen molar-refractivity contribution in [3.05, 3.63) is 41.7 Å². The third kappa shape index (κ3) is 5.46. The van der Waals surface area contributed by atoms with Crippen molar-refractivity contribution in [1.29, 1.82) is 0 Å². The SMILES string of the molecule is Cc1nnc(CNC(=O)[C@@H](NC(=O)c2nn(CC3CCCCC3)c3ccccc23)C(C)(C)C)o1. The Morgan fingerprint density at radius 1 is 1.15 bits per heavy atom. The van der Waals surface area contributed by atoms with Gasteiger partial charge in [-0.05, 0) is 30.2 Å². The minimum atomic E-state index is -0.772. The Kier molecular flexibility index (Phi) is 7.00. The molecule has 9 heteroatoms. The van der Waals surface area contributed by atoms with Gasteiger partial charge in [0.15, 0.2) is 5.69 Å². The van der Waals surface area contributed by atoms with Crippen molar-refractivity contribution in [2.24, 2.45) is 11.3 Å². The predicted molar refractivity (Wildman–Crippen MR) is 128 cm³/mol. The van der Waals surface area contributed by atoms with E-state index in [0.717, 1.165) is 17.4 Å². The molecule has 4 rings (SSSR count). The molecule has 1 atom stereocenters. The van der Waals surface area contributed by atoms with Crippen LogP contribution in [0.3, 0.4) is 0 Å². The molecule has 0 bridgehead atoms. The van der Waals surface area contributed by atoms with Crippen LogP contribution in [-0.2, 0) is 17.9 Å². The highest BCUT2D eigenvalue weighted by atomic mass is 16.4. The van der Waals surface area contributed by atoms with E-state index >= 15 is 0 Å². The number of para-hydroxylation sites is 1. The first-order chi connectivity index (χ1) is 16.2. The van der Waals surface area contributed by atoms with Gasteiger partial charge >= 0.3 is 0 Å². The highest BCUT2D eigenvalue weighted by Gasteiger charge is 2.34. The van der Waals surface area contributed by atoms with Gasteiger partial charge in [0.25, 0.3) is 5.91 Å². The molecule has 0 aliphatic heterocycles. The molecule has 3 aromatic rings. The van der Waals surface area contributed by atoms with Gasteiger partial charge in [0, 0.05) is 18.9 Å². The smallest absolute Gasteiger partial charge is 0.273 e. The van der Waals surface area contributed by atoms with E-state index in [9.17, 15) is 9.59 Å². The lowest BCUT2D eigenvalue weighted by atomic mass is 9.86. The largest absolute Gasteiger partial charge is 0.424 e. The summed E-state index contributed by atoms with van der Waals surface area (Å²) in [5.41, 5.74) is 0.771. The molecule has 2 heterocycles. The van der Waals surface area contributed by atoms with Crippen molar-refractivity contribution in [1.82, 2.24) is 30.6 Å². The molecule has 0 unspecified atom stereocenters. The summed E-state index contributed by atoms with van der Waals surface area (Å²) in [5, 5.41) is 18.9. The number of nitrogens with zero attached hydrogens (tertiary/aromatic N) is 4. The maximum absolute atomic E-state index is 13.4. The van der Waals surface area contributed by atoms with Crippen LogP contribution in [0.1, 0.15) is 75.1 Å². The number of hydrogen-bond acceptors (Lipinski definition) is 6. The van der Waals surface area contributed by atoms with Gasteiger partial charge in [0.1, 0.15) is 6.04 Å². The summed E-state index contributed by atoms with van der Waals surface area (Å²) >= 11 is 0. The third-order valence-corrected chi connectivity index (χ3v) is 6.41. The summed E-state index contributed by atoms with van der Waals surface area (Å²) in [6.45, 7) is 8.33. The Bertz CT molecular complexity index is 1150. The molecular weight excluding hydrogens is 432 g/mol. The Morgan fingerprint density at radius 3 is 2.56 bits per heavy atom. The van der Waals surface area contributed by atoms with Crippen LogP contribution < -0.4 is 10.6 Å². The fourth-order valence-corrected chi connectivity index (χ4v) is 4.60. The van der Waals surface area contributed by atoms with Gasteiger partial charge in [-0.2, -0.15) is 5.10 Å². The zero-order valence-corrected chi connectivity index (χ0v) is 20.4. The predicted octanol–water partition coefficient (Wildman–Crippen LogP) is 3.77. The van der Waals surface area contributed by atoms with Gasteiger partial charge in [0.05, 0.1) is 12.1 Å². The van der Waals surface area contributed by atoms with Crippen LogP contribution in [-0.4, -0.2) is 37.8 Å². The van der Waals surface area contributed by atoms with E-state index in [1.807, 2.05) is 49.7 Å². The molecule has 2 N–H and O–H groups in total. The van der Waals surface area contributed by atoms with Crippen LogP contribution in [0.25, 0.3) is 10.9 Å². The van der Waals surface area contributed by atoms with Crippen LogP contribution in [0.4, 0.5) is 0 Å².